The van der Waals surface area contributed by atoms with Gasteiger partial charge in [-0.25, -0.2) is 0 Å². The number of aliphatic hydroxyl groups is 6. The summed E-state index contributed by atoms with van der Waals surface area (Å²) in [6, 6.07) is 0. The Labute approximate surface area is 271 Å². The molecule has 46 heavy (non-hydrogen) atoms. The van der Waals surface area contributed by atoms with Gasteiger partial charge in [-0.1, -0.05) is 57.1 Å². The van der Waals surface area contributed by atoms with Crippen LogP contribution in [0, 0.1) is 0 Å². The molecule has 14 nitrogen and oxygen atoms in total. The zero-order chi connectivity index (χ0) is 33.9. The minimum atomic E-state index is -1.74. The Morgan fingerprint density at radius 3 is 1.80 bits per heavy atom. The molecule has 10 atom stereocenters. The number of aliphatic carboxylic acids is 1. The third kappa shape index (κ3) is 14.6. The molecule has 268 valence electrons. The molecule has 2 saturated heterocycles. The fraction of sp³-hybridized carbons (Fsp3) is 0.875. The molecule has 2 heterocycles. The van der Waals surface area contributed by atoms with E-state index < -0.39 is 86.6 Å². The van der Waals surface area contributed by atoms with Gasteiger partial charge >= 0.3 is 11.9 Å². The topological polar surface area (TPSA) is 222 Å². The molecule has 0 radical (unpaired) electrons. The fourth-order valence-electron chi connectivity index (χ4n) is 5.43. The third-order valence-corrected chi connectivity index (χ3v) is 8.21. The minimum absolute atomic E-state index is 0.234. The molecule has 2 aliphatic heterocycles. The summed E-state index contributed by atoms with van der Waals surface area (Å²) >= 11 is 0. The average molecular weight is 665 g/mol. The van der Waals surface area contributed by atoms with E-state index in [1.807, 2.05) is 0 Å². The van der Waals surface area contributed by atoms with Gasteiger partial charge in [-0.2, -0.15) is 0 Å². The Kier molecular flexibility index (Phi) is 20.0. The zero-order valence-corrected chi connectivity index (χ0v) is 26.9. The Hall–Kier alpha value is -1.72. The lowest BCUT2D eigenvalue weighted by Gasteiger charge is -2.46. The van der Waals surface area contributed by atoms with Crippen molar-refractivity contribution in [1.29, 1.82) is 0 Å². The van der Waals surface area contributed by atoms with Crippen LogP contribution in [0.4, 0.5) is 0 Å². The molecule has 2 aliphatic rings. The highest BCUT2D eigenvalue weighted by atomic mass is 16.8. The second kappa shape index (κ2) is 22.8. The van der Waals surface area contributed by atoms with E-state index in [2.05, 4.69) is 12.2 Å². The van der Waals surface area contributed by atoms with Gasteiger partial charge in [-0.15, -0.1) is 0 Å². The van der Waals surface area contributed by atoms with Crippen molar-refractivity contribution in [2.75, 3.05) is 19.8 Å². The molecular weight excluding hydrogens is 608 g/mol. The summed E-state index contributed by atoms with van der Waals surface area (Å²) in [6.07, 6.45) is 2.98. The van der Waals surface area contributed by atoms with Crippen LogP contribution in [-0.4, -0.2) is 129 Å². The Balaban J connectivity index is 1.68. The van der Waals surface area contributed by atoms with Crippen molar-refractivity contribution in [3.63, 3.8) is 0 Å². The largest absolute Gasteiger partial charge is 0.481 e. The maximum absolute atomic E-state index is 11.2. The van der Waals surface area contributed by atoms with E-state index >= 15 is 0 Å². The summed E-state index contributed by atoms with van der Waals surface area (Å²) in [6.45, 7) is 0.383. The minimum Gasteiger partial charge on any atom is -0.481 e. The van der Waals surface area contributed by atoms with E-state index in [1.165, 1.54) is 0 Å². The predicted octanol–water partition coefficient (Wildman–Crippen LogP) is 1.30. The first kappa shape index (κ1) is 40.5. The molecule has 2 rings (SSSR count). The van der Waals surface area contributed by atoms with Crippen LogP contribution < -0.4 is 0 Å². The maximum atomic E-state index is 11.2. The van der Waals surface area contributed by atoms with E-state index in [-0.39, 0.29) is 13.0 Å². The quantitative estimate of drug-likeness (QED) is 0.0465. The number of carbonyl (C=O) groups excluding carboxylic acids is 1. The van der Waals surface area contributed by atoms with E-state index in [9.17, 15) is 40.2 Å². The van der Waals surface area contributed by atoms with Gasteiger partial charge in [0, 0.05) is 20.0 Å². The highest BCUT2D eigenvalue weighted by molar-refractivity contribution is 5.66. The van der Waals surface area contributed by atoms with Gasteiger partial charge in [0.15, 0.2) is 12.6 Å². The van der Waals surface area contributed by atoms with Crippen LogP contribution in [-0.2, 0) is 33.3 Å². The van der Waals surface area contributed by atoms with Gasteiger partial charge < -0.3 is 59.4 Å². The van der Waals surface area contributed by atoms with Gasteiger partial charge in [0.25, 0.3) is 0 Å². The van der Waals surface area contributed by atoms with E-state index in [4.69, 9.17) is 28.8 Å². The molecule has 0 amide bonds. The SMILES string of the molecule is CC(=O)OC[C@H]1O[C@@H](O[C@H]2[C@H](OCCCCCCCC/C=C\CCCCCCCC(=O)O)O[C@H](CO)[C@@H](O)[C@@H]2O)[C@H](O)[C@@H](O)[C@@H]1O. The number of hydrogen-bond acceptors (Lipinski definition) is 13. The van der Waals surface area contributed by atoms with Crippen molar-refractivity contribution in [3.8, 4) is 0 Å². The number of carboxylic acid groups (broad SMARTS) is 1. The zero-order valence-electron chi connectivity index (χ0n) is 26.9. The summed E-state index contributed by atoms with van der Waals surface area (Å²) in [7, 11) is 0. The number of rotatable bonds is 23. The Morgan fingerprint density at radius 2 is 1.22 bits per heavy atom. The van der Waals surface area contributed by atoms with Crippen molar-refractivity contribution in [2.45, 2.75) is 158 Å². The van der Waals surface area contributed by atoms with Gasteiger partial charge in [-0.05, 0) is 38.5 Å². The van der Waals surface area contributed by atoms with Crippen LogP contribution in [0.25, 0.3) is 0 Å². The molecule has 0 aromatic carbocycles. The fourth-order valence-corrected chi connectivity index (χ4v) is 5.43. The lowest BCUT2D eigenvalue weighted by atomic mass is 9.97. The molecule has 0 saturated carbocycles. The molecule has 0 aromatic heterocycles. The van der Waals surface area contributed by atoms with Crippen molar-refractivity contribution in [2.24, 2.45) is 0 Å². The van der Waals surface area contributed by atoms with Gasteiger partial charge in [-0.3, -0.25) is 9.59 Å². The van der Waals surface area contributed by atoms with Crippen LogP contribution in [0.5, 0.6) is 0 Å². The number of carbonyl (C=O) groups is 2. The molecular formula is C32H56O14. The lowest BCUT2D eigenvalue weighted by molar-refractivity contribution is -0.367. The van der Waals surface area contributed by atoms with Crippen LogP contribution in [0.15, 0.2) is 12.2 Å². The van der Waals surface area contributed by atoms with Crippen molar-refractivity contribution >= 4 is 11.9 Å². The number of esters is 1. The second-order valence-electron chi connectivity index (χ2n) is 12.1. The Bertz CT molecular complexity index is 872. The number of unbranched alkanes of at least 4 members (excludes halogenated alkanes) is 11. The molecule has 7 N–H and O–H groups in total. The first-order valence-electron chi connectivity index (χ1n) is 16.7. The molecule has 2 fully saturated rings. The monoisotopic (exact) mass is 664 g/mol. The van der Waals surface area contributed by atoms with E-state index in [0.717, 1.165) is 84.0 Å². The highest BCUT2D eigenvalue weighted by Gasteiger charge is 2.51. The molecule has 14 heteroatoms. The van der Waals surface area contributed by atoms with Crippen molar-refractivity contribution in [3.05, 3.63) is 12.2 Å². The normalized spacial score (nSPS) is 31.7. The first-order valence-corrected chi connectivity index (χ1v) is 16.7. The molecule has 0 aromatic rings. The van der Waals surface area contributed by atoms with Crippen molar-refractivity contribution in [1.82, 2.24) is 0 Å². The Morgan fingerprint density at radius 1 is 0.674 bits per heavy atom. The van der Waals surface area contributed by atoms with Gasteiger partial charge in [0.1, 0.15) is 55.4 Å². The first-order chi connectivity index (χ1) is 22.1. The van der Waals surface area contributed by atoms with Crippen LogP contribution in [0.3, 0.4) is 0 Å². The summed E-state index contributed by atoms with van der Waals surface area (Å²) in [5, 5.41) is 70.4. The van der Waals surface area contributed by atoms with Crippen molar-refractivity contribution < 1.29 is 69.0 Å². The molecule has 0 aliphatic carbocycles. The van der Waals surface area contributed by atoms with Gasteiger partial charge in [0.2, 0.25) is 0 Å². The third-order valence-electron chi connectivity index (χ3n) is 8.21. The van der Waals surface area contributed by atoms with Crippen LogP contribution in [0.1, 0.15) is 96.8 Å². The molecule has 0 spiro atoms. The van der Waals surface area contributed by atoms with E-state index in [0.29, 0.717) is 6.42 Å². The average Bonchev–Trinajstić information content (AvgIpc) is 3.02. The van der Waals surface area contributed by atoms with Crippen LogP contribution >= 0.6 is 0 Å². The highest BCUT2D eigenvalue weighted by Crippen LogP contribution is 2.30. The van der Waals surface area contributed by atoms with E-state index in [1.54, 1.807) is 0 Å². The maximum Gasteiger partial charge on any atom is 0.303 e. The summed E-state index contributed by atoms with van der Waals surface area (Å²) < 4.78 is 27.6. The standard InChI is InChI=1S/C32H56O14/c1-21(34)43-20-23-26(38)27(39)29(41)31(45-23)46-30-28(40)25(37)22(19-33)44-32(30)42-18-16-14-12-10-8-6-4-2-3-5-7-9-11-13-15-17-24(35)36/h2-3,22-23,25-33,37-41H,4-20H2,1H3,(H,35,36)/b3-2-/t22-,23-,25-,26-,27+,28+,29-,30-,31+,32-/m1/s1. The number of allylic oxidation sites excluding steroid dienone is 2. The smallest absolute Gasteiger partial charge is 0.303 e. The lowest BCUT2D eigenvalue weighted by Crippen LogP contribution is -2.64. The van der Waals surface area contributed by atoms with Crippen LogP contribution in [0.2, 0.25) is 0 Å². The molecule has 0 bridgehead atoms. The number of ether oxygens (including phenoxy) is 5. The number of carboxylic acids is 1. The number of hydrogen-bond donors (Lipinski definition) is 7. The molecule has 0 unspecified atom stereocenters. The second-order valence-corrected chi connectivity index (χ2v) is 12.1. The predicted molar refractivity (Wildman–Crippen MR) is 163 cm³/mol. The number of aliphatic hydroxyl groups excluding tert-OH is 6. The van der Waals surface area contributed by atoms with Gasteiger partial charge in [0.05, 0.1) is 6.61 Å². The summed E-state index contributed by atoms with van der Waals surface area (Å²) in [5.74, 6) is -1.37. The summed E-state index contributed by atoms with van der Waals surface area (Å²) in [4.78, 5) is 21.7. The summed E-state index contributed by atoms with van der Waals surface area (Å²) in [5.41, 5.74) is 0.